The quantitative estimate of drug-likeness (QED) is 0.850. The van der Waals surface area contributed by atoms with Gasteiger partial charge in [0.25, 0.3) is 0 Å². The summed E-state index contributed by atoms with van der Waals surface area (Å²) in [4.78, 5) is 4.15. The molecule has 1 fully saturated rings. The smallest absolute Gasteiger partial charge is 0.106 e. The van der Waals surface area contributed by atoms with Gasteiger partial charge in [0, 0.05) is 12.7 Å². The molecule has 1 aromatic heterocycles. The van der Waals surface area contributed by atoms with Crippen molar-refractivity contribution in [2.24, 2.45) is 5.92 Å². The average molecular weight is 271 g/mol. The van der Waals surface area contributed by atoms with Crippen LogP contribution in [-0.4, -0.2) is 24.7 Å². The summed E-state index contributed by atoms with van der Waals surface area (Å²) in [6.07, 6.45) is 3.08. The van der Waals surface area contributed by atoms with E-state index in [1.165, 1.54) is 6.42 Å². The van der Waals surface area contributed by atoms with Crippen molar-refractivity contribution in [3.8, 4) is 0 Å². The second-order valence-electron chi connectivity index (χ2n) is 3.86. The number of nitrogens with one attached hydrogen (secondary N) is 1. The molecule has 0 aliphatic carbocycles. The van der Waals surface area contributed by atoms with E-state index in [0.717, 1.165) is 29.9 Å². The van der Waals surface area contributed by atoms with Gasteiger partial charge in [0.05, 0.1) is 13.2 Å². The van der Waals surface area contributed by atoms with Gasteiger partial charge in [0.2, 0.25) is 0 Å². The fourth-order valence-electron chi connectivity index (χ4n) is 1.69. The fourth-order valence-corrected chi connectivity index (χ4v) is 1.93. The number of rotatable bonds is 4. The van der Waals surface area contributed by atoms with Crippen molar-refractivity contribution in [2.45, 2.75) is 13.0 Å². The molecule has 0 amide bonds. The molecule has 1 N–H and O–H groups in total. The van der Waals surface area contributed by atoms with E-state index < -0.39 is 0 Å². The second-order valence-corrected chi connectivity index (χ2v) is 4.68. The zero-order valence-electron chi connectivity index (χ0n) is 8.58. The van der Waals surface area contributed by atoms with E-state index in [2.05, 4.69) is 26.2 Å². The highest BCUT2D eigenvalue weighted by molar-refractivity contribution is 9.10. The summed E-state index contributed by atoms with van der Waals surface area (Å²) in [6.45, 7) is 3.74. The zero-order valence-corrected chi connectivity index (χ0v) is 10.2. The van der Waals surface area contributed by atoms with Crippen molar-refractivity contribution < 1.29 is 4.74 Å². The van der Waals surface area contributed by atoms with Crippen LogP contribution in [0.4, 0.5) is 0 Å². The van der Waals surface area contributed by atoms with Crippen LogP contribution in [0.2, 0.25) is 0 Å². The first-order valence-corrected chi connectivity index (χ1v) is 6.03. The monoisotopic (exact) mass is 270 g/mol. The first-order chi connectivity index (χ1) is 7.34. The van der Waals surface area contributed by atoms with Gasteiger partial charge in [-0.1, -0.05) is 6.07 Å². The summed E-state index contributed by atoms with van der Waals surface area (Å²) in [6, 6.07) is 3.97. The van der Waals surface area contributed by atoms with Crippen LogP contribution in [0.25, 0.3) is 0 Å². The molecule has 0 spiro atoms. The highest BCUT2D eigenvalue weighted by atomic mass is 79.9. The normalized spacial score (nSPS) is 20.7. The van der Waals surface area contributed by atoms with Crippen LogP contribution in [0, 0.1) is 5.92 Å². The Morgan fingerprint density at radius 1 is 1.53 bits per heavy atom. The van der Waals surface area contributed by atoms with Crippen LogP contribution in [0.3, 0.4) is 0 Å². The molecule has 1 aromatic rings. The van der Waals surface area contributed by atoms with Gasteiger partial charge in [-0.3, -0.25) is 0 Å². The largest absolute Gasteiger partial charge is 0.376 e. The summed E-state index contributed by atoms with van der Waals surface area (Å²) in [5, 5.41) is 3.33. The van der Waals surface area contributed by atoms with Crippen LogP contribution in [0.1, 0.15) is 12.0 Å². The molecule has 1 saturated heterocycles. The number of ether oxygens (including phenoxy) is 1. The maximum Gasteiger partial charge on any atom is 0.106 e. The predicted molar refractivity (Wildman–Crippen MR) is 62.6 cm³/mol. The standard InChI is InChI=1S/C11H15BrN2O/c12-11-2-1-9(6-14-11)7-15-8-10-3-4-13-5-10/h1-2,6,10,13H,3-5,7-8H2/t10-/m1/s1. The third-order valence-electron chi connectivity index (χ3n) is 2.57. The maximum atomic E-state index is 5.65. The Kier molecular flexibility index (Phi) is 4.11. The molecule has 1 aliphatic rings. The summed E-state index contributed by atoms with van der Waals surface area (Å²) >= 11 is 3.31. The minimum Gasteiger partial charge on any atom is -0.376 e. The third-order valence-corrected chi connectivity index (χ3v) is 3.04. The Morgan fingerprint density at radius 3 is 3.13 bits per heavy atom. The van der Waals surface area contributed by atoms with Crippen molar-refractivity contribution in [2.75, 3.05) is 19.7 Å². The van der Waals surface area contributed by atoms with Gasteiger partial charge in [0.15, 0.2) is 0 Å². The summed E-state index contributed by atoms with van der Waals surface area (Å²) in [5.41, 5.74) is 1.13. The Balaban J connectivity index is 1.71. The summed E-state index contributed by atoms with van der Waals surface area (Å²) < 4.78 is 6.52. The number of hydrogen-bond acceptors (Lipinski definition) is 3. The molecule has 15 heavy (non-hydrogen) atoms. The molecular weight excluding hydrogens is 256 g/mol. The van der Waals surface area contributed by atoms with Crippen molar-refractivity contribution in [3.63, 3.8) is 0 Å². The molecule has 4 heteroatoms. The van der Waals surface area contributed by atoms with Crippen molar-refractivity contribution >= 4 is 15.9 Å². The first kappa shape index (κ1) is 11.0. The molecule has 0 radical (unpaired) electrons. The van der Waals surface area contributed by atoms with E-state index in [0.29, 0.717) is 12.5 Å². The Labute approximate surface area is 98.4 Å². The molecule has 0 saturated carbocycles. The van der Waals surface area contributed by atoms with Crippen LogP contribution in [-0.2, 0) is 11.3 Å². The van der Waals surface area contributed by atoms with Gasteiger partial charge >= 0.3 is 0 Å². The van der Waals surface area contributed by atoms with Crippen LogP contribution in [0.15, 0.2) is 22.9 Å². The molecule has 0 bridgehead atoms. The number of pyridine rings is 1. The summed E-state index contributed by atoms with van der Waals surface area (Å²) in [5.74, 6) is 0.688. The van der Waals surface area contributed by atoms with E-state index in [1.807, 2.05) is 18.3 Å². The molecule has 82 valence electrons. The van der Waals surface area contributed by atoms with Crippen LogP contribution >= 0.6 is 15.9 Å². The molecular formula is C11H15BrN2O. The lowest BCUT2D eigenvalue weighted by molar-refractivity contribution is 0.0923. The van der Waals surface area contributed by atoms with Crippen molar-refractivity contribution in [1.29, 1.82) is 0 Å². The van der Waals surface area contributed by atoms with Gasteiger partial charge in [-0.15, -0.1) is 0 Å². The molecule has 3 nitrogen and oxygen atoms in total. The molecule has 2 rings (SSSR count). The topological polar surface area (TPSA) is 34.1 Å². The van der Waals surface area contributed by atoms with Crippen molar-refractivity contribution in [1.82, 2.24) is 10.3 Å². The Morgan fingerprint density at radius 2 is 2.47 bits per heavy atom. The van der Waals surface area contributed by atoms with E-state index in [4.69, 9.17) is 4.74 Å². The van der Waals surface area contributed by atoms with Crippen LogP contribution in [0.5, 0.6) is 0 Å². The minimum absolute atomic E-state index is 0.663. The SMILES string of the molecule is Brc1ccc(COC[C@@H]2CCNC2)cn1. The predicted octanol–water partition coefficient (Wildman–Crippen LogP) is 1.97. The van der Waals surface area contributed by atoms with Gasteiger partial charge in [0.1, 0.15) is 4.60 Å². The van der Waals surface area contributed by atoms with E-state index in [9.17, 15) is 0 Å². The van der Waals surface area contributed by atoms with E-state index in [-0.39, 0.29) is 0 Å². The van der Waals surface area contributed by atoms with Gasteiger partial charge in [-0.25, -0.2) is 4.98 Å². The molecule has 0 unspecified atom stereocenters. The number of halogens is 1. The Hall–Kier alpha value is -0.450. The third kappa shape index (κ3) is 3.55. The fraction of sp³-hybridized carbons (Fsp3) is 0.545. The Bertz CT molecular complexity index is 296. The molecule has 1 aliphatic heterocycles. The lowest BCUT2D eigenvalue weighted by Gasteiger charge is -2.08. The molecule has 1 atom stereocenters. The highest BCUT2D eigenvalue weighted by Gasteiger charge is 2.13. The average Bonchev–Trinajstić information content (AvgIpc) is 2.74. The zero-order chi connectivity index (χ0) is 10.5. The van der Waals surface area contributed by atoms with Crippen molar-refractivity contribution in [3.05, 3.63) is 28.5 Å². The summed E-state index contributed by atoms with van der Waals surface area (Å²) in [7, 11) is 0. The lowest BCUT2D eigenvalue weighted by Crippen LogP contribution is -2.13. The minimum atomic E-state index is 0.663. The molecule has 0 aromatic carbocycles. The second kappa shape index (κ2) is 5.58. The number of nitrogens with zero attached hydrogens (tertiary/aromatic N) is 1. The maximum absolute atomic E-state index is 5.65. The number of hydrogen-bond donors (Lipinski definition) is 1. The lowest BCUT2D eigenvalue weighted by atomic mass is 10.1. The van der Waals surface area contributed by atoms with E-state index in [1.54, 1.807) is 0 Å². The highest BCUT2D eigenvalue weighted by Crippen LogP contribution is 2.10. The number of aromatic nitrogens is 1. The first-order valence-electron chi connectivity index (χ1n) is 5.23. The van der Waals surface area contributed by atoms with Gasteiger partial charge in [-0.2, -0.15) is 0 Å². The van der Waals surface area contributed by atoms with Gasteiger partial charge in [-0.05, 0) is 46.4 Å². The van der Waals surface area contributed by atoms with E-state index >= 15 is 0 Å². The van der Waals surface area contributed by atoms with Gasteiger partial charge < -0.3 is 10.1 Å². The molecule has 2 heterocycles. The van der Waals surface area contributed by atoms with Crippen LogP contribution < -0.4 is 5.32 Å².